The number of Topliss-reactive ketones (excluding diaryl/α,β-unsaturated/α-hetero) is 1. The van der Waals surface area contributed by atoms with E-state index in [0.29, 0.717) is 35.7 Å². The van der Waals surface area contributed by atoms with E-state index in [1.807, 2.05) is 38.1 Å². The fourth-order valence-corrected chi connectivity index (χ4v) is 4.42. The summed E-state index contributed by atoms with van der Waals surface area (Å²) in [5.41, 5.74) is 9.96. The minimum absolute atomic E-state index is 0.0738. The molecule has 6 nitrogen and oxygen atoms in total. The van der Waals surface area contributed by atoms with Crippen LogP contribution in [0.2, 0.25) is 0 Å². The van der Waals surface area contributed by atoms with Crippen molar-refractivity contribution in [3.8, 4) is 11.5 Å². The fourth-order valence-electron chi connectivity index (χ4n) is 3.67. The molecule has 1 aromatic heterocycles. The van der Waals surface area contributed by atoms with Crippen molar-refractivity contribution in [1.82, 2.24) is 4.98 Å². The Labute approximate surface area is 193 Å². The molecule has 31 heavy (non-hydrogen) atoms. The van der Waals surface area contributed by atoms with Crippen molar-refractivity contribution >= 4 is 34.3 Å². The van der Waals surface area contributed by atoms with Gasteiger partial charge in [0, 0.05) is 28.9 Å². The second-order valence-corrected chi connectivity index (χ2v) is 8.52. The van der Waals surface area contributed by atoms with Crippen LogP contribution in [-0.2, 0) is 0 Å². The number of fused-ring (bicyclic) bond motifs is 1. The van der Waals surface area contributed by atoms with Gasteiger partial charge in [0.25, 0.3) is 0 Å². The summed E-state index contributed by atoms with van der Waals surface area (Å²) in [5.74, 6) is 0.778. The van der Waals surface area contributed by atoms with Gasteiger partial charge in [-0.05, 0) is 78.4 Å². The van der Waals surface area contributed by atoms with Crippen LogP contribution < -0.4 is 15.2 Å². The number of primary amides is 1. The molecule has 4 rings (SSSR count). The Hall–Kier alpha value is -2.94. The largest absolute Gasteiger partial charge is 0.491 e. The summed E-state index contributed by atoms with van der Waals surface area (Å²) in [5, 5.41) is 0. The zero-order valence-electron chi connectivity index (χ0n) is 17.1. The summed E-state index contributed by atoms with van der Waals surface area (Å²) in [6, 6.07) is 14.6. The highest BCUT2D eigenvalue weighted by Crippen LogP contribution is 2.39. The normalized spacial score (nSPS) is 13.8. The zero-order chi connectivity index (χ0) is 22.1. The summed E-state index contributed by atoms with van der Waals surface area (Å²) >= 11 is 2.16. The third-order valence-electron chi connectivity index (χ3n) is 5.09. The van der Waals surface area contributed by atoms with Crippen LogP contribution in [0.5, 0.6) is 11.5 Å². The Balaban J connectivity index is 1.78. The number of ketones is 1. The van der Waals surface area contributed by atoms with Crippen molar-refractivity contribution in [3.05, 3.63) is 85.7 Å². The van der Waals surface area contributed by atoms with E-state index < -0.39 is 12.0 Å². The number of hydrogen-bond donors (Lipinski definition) is 1. The second-order valence-electron chi connectivity index (χ2n) is 7.44. The topological polar surface area (TPSA) is 91.5 Å². The number of benzene rings is 2. The highest BCUT2D eigenvalue weighted by molar-refractivity contribution is 14.1. The van der Waals surface area contributed by atoms with E-state index in [0.717, 1.165) is 26.1 Å². The maximum Gasteiger partial charge on any atom is 0.248 e. The van der Waals surface area contributed by atoms with Crippen LogP contribution in [0, 0.1) is 17.4 Å². The summed E-state index contributed by atoms with van der Waals surface area (Å²) in [6.07, 6.45) is -0.0681. The Morgan fingerprint density at radius 1 is 1.10 bits per heavy atom. The molecule has 0 radical (unpaired) electrons. The van der Waals surface area contributed by atoms with Gasteiger partial charge in [-0.15, -0.1) is 0 Å². The van der Waals surface area contributed by atoms with Crippen LogP contribution in [0.15, 0.2) is 48.5 Å². The lowest BCUT2D eigenvalue weighted by molar-refractivity contribution is 0.0931. The quantitative estimate of drug-likeness (QED) is 0.492. The molecular weight excluding hydrogens is 507 g/mol. The Bertz CT molecular complexity index is 1150. The average molecular weight is 528 g/mol. The average Bonchev–Trinajstić information content (AvgIpc) is 2.73. The lowest BCUT2D eigenvalue weighted by atomic mass is 9.99. The van der Waals surface area contributed by atoms with Gasteiger partial charge in [-0.2, -0.15) is 0 Å². The molecule has 7 heteroatoms. The van der Waals surface area contributed by atoms with Gasteiger partial charge in [0.05, 0.1) is 15.7 Å². The number of aromatic nitrogens is 1. The minimum Gasteiger partial charge on any atom is -0.491 e. The van der Waals surface area contributed by atoms with Crippen molar-refractivity contribution in [2.24, 2.45) is 5.73 Å². The number of nitrogens with two attached hydrogens (primary N) is 1. The number of carbonyl (C=O) groups excluding carboxylic acids is 2. The molecule has 3 aromatic rings. The number of nitrogens with zero attached hydrogens (tertiary/aromatic N) is 1. The number of rotatable bonds is 5. The minimum atomic E-state index is -0.481. The number of aryl methyl sites for hydroxylation is 2. The Kier molecular flexibility index (Phi) is 5.95. The number of pyridine rings is 1. The molecule has 0 spiro atoms. The number of halogens is 1. The highest BCUT2D eigenvalue weighted by Gasteiger charge is 2.25. The maximum absolute atomic E-state index is 12.2. The first kappa shape index (κ1) is 21.3. The van der Waals surface area contributed by atoms with Gasteiger partial charge in [-0.3, -0.25) is 14.6 Å². The van der Waals surface area contributed by atoms with Gasteiger partial charge in [-0.25, -0.2) is 0 Å². The summed E-state index contributed by atoms with van der Waals surface area (Å²) < 4.78 is 13.0. The molecule has 0 saturated heterocycles. The van der Waals surface area contributed by atoms with E-state index in [-0.39, 0.29) is 5.78 Å². The van der Waals surface area contributed by atoms with E-state index in [9.17, 15) is 9.59 Å². The fraction of sp³-hybridized carbons (Fsp3) is 0.208. The lowest BCUT2D eigenvalue weighted by Gasteiger charge is -2.24. The number of hydrogen-bond acceptors (Lipinski definition) is 5. The van der Waals surface area contributed by atoms with E-state index in [4.69, 9.17) is 15.2 Å². The van der Waals surface area contributed by atoms with Crippen LogP contribution in [0.1, 0.15) is 55.8 Å². The van der Waals surface area contributed by atoms with Crippen molar-refractivity contribution in [2.75, 3.05) is 6.61 Å². The van der Waals surface area contributed by atoms with Crippen molar-refractivity contribution in [3.63, 3.8) is 0 Å². The molecule has 1 amide bonds. The molecule has 2 N–H and O–H groups in total. The maximum atomic E-state index is 12.2. The van der Waals surface area contributed by atoms with Crippen LogP contribution in [0.3, 0.4) is 0 Å². The molecule has 0 unspecified atom stereocenters. The number of carbonyl (C=O) groups is 2. The highest BCUT2D eigenvalue weighted by atomic mass is 127. The van der Waals surface area contributed by atoms with E-state index in [1.165, 1.54) is 0 Å². The van der Waals surface area contributed by atoms with Crippen LogP contribution >= 0.6 is 22.6 Å². The van der Waals surface area contributed by atoms with Gasteiger partial charge < -0.3 is 15.2 Å². The van der Waals surface area contributed by atoms with Crippen molar-refractivity contribution in [2.45, 2.75) is 26.4 Å². The first-order valence-corrected chi connectivity index (χ1v) is 10.9. The second kappa shape index (κ2) is 8.66. The molecular formula is C24H21IN2O4. The molecule has 0 bridgehead atoms. The predicted molar refractivity (Wildman–Crippen MR) is 125 cm³/mol. The van der Waals surface area contributed by atoms with Gasteiger partial charge in [0.2, 0.25) is 5.91 Å². The predicted octanol–water partition coefficient (Wildman–Crippen LogP) is 4.54. The Morgan fingerprint density at radius 2 is 1.77 bits per heavy atom. The van der Waals surface area contributed by atoms with Crippen LogP contribution in [0.25, 0.3) is 0 Å². The molecule has 158 valence electrons. The number of ether oxygens (including phenoxy) is 2. The summed E-state index contributed by atoms with van der Waals surface area (Å²) in [4.78, 5) is 28.2. The molecule has 1 aliphatic rings. The Morgan fingerprint density at radius 3 is 2.42 bits per heavy atom. The molecule has 0 fully saturated rings. The third kappa shape index (κ3) is 4.41. The molecule has 1 aliphatic heterocycles. The first-order valence-electron chi connectivity index (χ1n) is 9.83. The van der Waals surface area contributed by atoms with Crippen LogP contribution in [-0.4, -0.2) is 23.3 Å². The monoisotopic (exact) mass is 528 g/mol. The standard InChI is InChI=1S/C24H21IN2O4/c1-13-11-17(12-14(2)27-13)22(15-3-5-16(6-4-15)24(26)29)31-20-8-7-18-19(28)9-10-30-23(18)21(20)25/h3-8,11-12,22H,9-10H2,1-2H3,(H2,26,29)/t22-/m1/s1. The summed E-state index contributed by atoms with van der Waals surface area (Å²) in [7, 11) is 0. The third-order valence-corrected chi connectivity index (χ3v) is 6.11. The zero-order valence-corrected chi connectivity index (χ0v) is 19.3. The number of amides is 1. The summed E-state index contributed by atoms with van der Waals surface area (Å²) in [6.45, 7) is 4.24. The van der Waals surface area contributed by atoms with Crippen molar-refractivity contribution in [1.29, 1.82) is 0 Å². The van der Waals surface area contributed by atoms with Crippen molar-refractivity contribution < 1.29 is 19.1 Å². The van der Waals surface area contributed by atoms with Gasteiger partial charge in [-0.1, -0.05) is 12.1 Å². The van der Waals surface area contributed by atoms with Gasteiger partial charge in [0.1, 0.15) is 17.6 Å². The molecule has 2 aromatic carbocycles. The smallest absolute Gasteiger partial charge is 0.248 e. The molecule has 2 heterocycles. The molecule has 0 saturated carbocycles. The van der Waals surface area contributed by atoms with E-state index in [1.54, 1.807) is 24.3 Å². The van der Waals surface area contributed by atoms with E-state index >= 15 is 0 Å². The van der Waals surface area contributed by atoms with Crippen LogP contribution in [0.4, 0.5) is 0 Å². The SMILES string of the molecule is Cc1cc([C@H](Oc2ccc3c(c2I)OCCC3=O)c2ccc(C(N)=O)cc2)cc(C)n1. The first-order chi connectivity index (χ1) is 14.8. The van der Waals surface area contributed by atoms with Gasteiger partial charge >= 0.3 is 0 Å². The van der Waals surface area contributed by atoms with E-state index in [2.05, 4.69) is 27.6 Å². The molecule has 0 aliphatic carbocycles. The lowest BCUT2D eigenvalue weighted by Crippen LogP contribution is -2.17. The molecule has 1 atom stereocenters. The van der Waals surface area contributed by atoms with Gasteiger partial charge in [0.15, 0.2) is 5.78 Å².